The number of nitrogens with zero attached hydrogens (tertiary/aromatic N) is 3. The monoisotopic (exact) mass is 414 g/mol. The molecule has 1 aromatic heterocycles. The van der Waals surface area contributed by atoms with Crippen molar-refractivity contribution in [2.75, 3.05) is 0 Å². The molecule has 0 unspecified atom stereocenters. The van der Waals surface area contributed by atoms with Gasteiger partial charge in [-0.05, 0) is 30.9 Å². The Labute approximate surface area is 181 Å². The van der Waals surface area contributed by atoms with Gasteiger partial charge in [-0.3, -0.25) is 9.69 Å². The number of aromatic nitrogens is 2. The van der Waals surface area contributed by atoms with E-state index in [4.69, 9.17) is 5.10 Å². The average molecular weight is 415 g/mol. The molecule has 2 aliphatic rings. The minimum atomic E-state index is -0.752. The molecule has 3 amide bonds. The summed E-state index contributed by atoms with van der Waals surface area (Å²) in [5, 5.41) is 7.86. The van der Waals surface area contributed by atoms with Crippen LogP contribution < -0.4 is 5.32 Å². The highest BCUT2D eigenvalue weighted by Crippen LogP contribution is 2.39. The minimum Gasteiger partial charge on any atom is -0.323 e. The lowest BCUT2D eigenvalue weighted by Crippen LogP contribution is -2.53. The number of urea groups is 1. The third kappa shape index (κ3) is 3.32. The molecule has 0 radical (unpaired) electrons. The third-order valence-electron chi connectivity index (χ3n) is 6.69. The zero-order chi connectivity index (χ0) is 21.4. The fraction of sp³-hybridized carbons (Fsp3) is 0.320. The van der Waals surface area contributed by atoms with E-state index in [1.165, 1.54) is 4.90 Å². The van der Waals surface area contributed by atoms with Crippen LogP contribution in [-0.2, 0) is 11.3 Å². The second-order valence-corrected chi connectivity index (χ2v) is 8.59. The Morgan fingerprint density at radius 3 is 2.45 bits per heavy atom. The Hall–Kier alpha value is -3.41. The molecule has 2 heterocycles. The lowest BCUT2D eigenvalue weighted by atomic mass is 9.73. The average Bonchev–Trinajstić information content (AvgIpc) is 3.33. The van der Waals surface area contributed by atoms with Crippen LogP contribution in [0.5, 0.6) is 0 Å². The first-order chi connectivity index (χ1) is 15.1. The quantitative estimate of drug-likeness (QED) is 0.638. The van der Waals surface area contributed by atoms with Gasteiger partial charge >= 0.3 is 6.03 Å². The summed E-state index contributed by atoms with van der Waals surface area (Å²) in [5.41, 5.74) is 2.76. The number of rotatable bonds is 4. The predicted octanol–water partition coefficient (Wildman–Crippen LogP) is 4.54. The Bertz CT molecular complexity index is 1110. The Balaban J connectivity index is 1.52. The van der Waals surface area contributed by atoms with Gasteiger partial charge in [0.2, 0.25) is 0 Å². The highest BCUT2D eigenvalue weighted by atomic mass is 16.2. The number of benzene rings is 2. The van der Waals surface area contributed by atoms with Crippen molar-refractivity contribution in [2.24, 2.45) is 5.92 Å². The smallest absolute Gasteiger partial charge is 0.323 e. The van der Waals surface area contributed by atoms with Gasteiger partial charge in [-0.15, -0.1) is 0 Å². The Morgan fingerprint density at radius 2 is 1.74 bits per heavy atom. The van der Waals surface area contributed by atoms with Crippen LogP contribution in [-0.4, -0.2) is 32.2 Å². The summed E-state index contributed by atoms with van der Waals surface area (Å²) < 4.78 is 1.81. The predicted molar refractivity (Wildman–Crippen MR) is 118 cm³/mol. The van der Waals surface area contributed by atoms with Gasteiger partial charge in [-0.25, -0.2) is 9.48 Å². The van der Waals surface area contributed by atoms with Crippen LogP contribution in [0.25, 0.3) is 16.9 Å². The fourth-order valence-corrected chi connectivity index (χ4v) is 4.89. The van der Waals surface area contributed by atoms with Gasteiger partial charge in [0.15, 0.2) is 0 Å². The molecule has 6 nitrogen and oxygen atoms in total. The van der Waals surface area contributed by atoms with E-state index in [1.54, 1.807) is 0 Å². The molecule has 0 bridgehead atoms. The highest BCUT2D eigenvalue weighted by molar-refractivity contribution is 6.07. The van der Waals surface area contributed by atoms with Crippen molar-refractivity contribution in [1.29, 1.82) is 0 Å². The molecule has 5 rings (SSSR count). The normalized spacial score (nSPS) is 23.4. The molecule has 2 atom stereocenters. The van der Waals surface area contributed by atoms with E-state index < -0.39 is 5.54 Å². The van der Waals surface area contributed by atoms with Crippen molar-refractivity contribution in [3.05, 3.63) is 72.4 Å². The highest BCUT2D eigenvalue weighted by Gasteiger charge is 2.54. The molecular formula is C25H26N4O2. The minimum absolute atomic E-state index is 0.101. The van der Waals surface area contributed by atoms with E-state index in [0.717, 1.165) is 41.8 Å². The lowest BCUT2D eigenvalue weighted by Gasteiger charge is -2.36. The third-order valence-corrected chi connectivity index (χ3v) is 6.69. The van der Waals surface area contributed by atoms with Crippen LogP contribution in [0.15, 0.2) is 66.9 Å². The van der Waals surface area contributed by atoms with Gasteiger partial charge in [0, 0.05) is 17.3 Å². The standard InChI is InChI=1S/C25H26N4O2/c1-18-10-8-9-15-25(18)23(30)28(24(31)26-25)16-20-17-29(21-13-6-3-7-14-21)27-22(20)19-11-4-2-5-12-19/h2-7,11-14,17-18H,8-10,15-16H2,1H3,(H,26,31)/t18-,25+/m0/s1. The molecule has 2 aromatic carbocycles. The molecule has 1 spiro atoms. The maximum Gasteiger partial charge on any atom is 0.325 e. The first kappa shape index (κ1) is 19.5. The van der Waals surface area contributed by atoms with Gasteiger partial charge in [-0.1, -0.05) is 68.3 Å². The Morgan fingerprint density at radius 1 is 1.03 bits per heavy atom. The molecule has 1 saturated heterocycles. The number of nitrogens with one attached hydrogen (secondary N) is 1. The van der Waals surface area contributed by atoms with Gasteiger partial charge in [0.25, 0.3) is 5.91 Å². The second-order valence-electron chi connectivity index (χ2n) is 8.59. The van der Waals surface area contributed by atoms with Crippen LogP contribution in [0.4, 0.5) is 4.79 Å². The summed E-state index contributed by atoms with van der Waals surface area (Å²) in [7, 11) is 0. The molecule has 1 N–H and O–H groups in total. The van der Waals surface area contributed by atoms with Crippen molar-refractivity contribution in [2.45, 2.75) is 44.7 Å². The summed E-state index contributed by atoms with van der Waals surface area (Å²) in [5.74, 6) is 0.0412. The van der Waals surface area contributed by atoms with Gasteiger partial charge in [0.05, 0.1) is 17.9 Å². The van der Waals surface area contributed by atoms with Crippen LogP contribution in [0.3, 0.4) is 0 Å². The van der Waals surface area contributed by atoms with Crippen molar-refractivity contribution < 1.29 is 9.59 Å². The summed E-state index contributed by atoms with van der Waals surface area (Å²) >= 11 is 0. The lowest BCUT2D eigenvalue weighted by molar-refractivity contribution is -0.134. The molecule has 1 aliphatic carbocycles. The van der Waals surface area contributed by atoms with Crippen molar-refractivity contribution in [3.63, 3.8) is 0 Å². The molecular weight excluding hydrogens is 388 g/mol. The number of amides is 3. The molecule has 3 aromatic rings. The fourth-order valence-electron chi connectivity index (χ4n) is 4.89. The van der Waals surface area contributed by atoms with Gasteiger partial charge in [-0.2, -0.15) is 5.10 Å². The molecule has 31 heavy (non-hydrogen) atoms. The van der Waals surface area contributed by atoms with Crippen LogP contribution in [0, 0.1) is 5.92 Å². The zero-order valence-corrected chi connectivity index (χ0v) is 17.6. The topological polar surface area (TPSA) is 67.2 Å². The van der Waals surface area contributed by atoms with Crippen LogP contribution in [0.2, 0.25) is 0 Å². The van der Waals surface area contributed by atoms with E-state index in [0.29, 0.717) is 6.42 Å². The number of carbonyl (C=O) groups is 2. The maximum absolute atomic E-state index is 13.4. The summed E-state index contributed by atoms with van der Waals surface area (Å²) in [6.07, 6.45) is 5.66. The number of hydrogen-bond acceptors (Lipinski definition) is 3. The first-order valence-electron chi connectivity index (χ1n) is 10.9. The second kappa shape index (κ2) is 7.69. The summed E-state index contributed by atoms with van der Waals surface area (Å²) in [6.45, 7) is 2.28. The Kier molecular flexibility index (Phi) is 4.85. The van der Waals surface area contributed by atoms with Crippen molar-refractivity contribution in [1.82, 2.24) is 20.0 Å². The SMILES string of the molecule is C[C@H]1CCCC[C@@]12NC(=O)N(Cc1cn(-c3ccccc3)nc1-c1ccccc1)C2=O. The maximum atomic E-state index is 13.4. The van der Waals surface area contributed by atoms with Crippen LogP contribution in [0.1, 0.15) is 38.2 Å². The summed E-state index contributed by atoms with van der Waals surface area (Å²) in [4.78, 5) is 27.7. The number of para-hydroxylation sites is 1. The molecule has 158 valence electrons. The van der Waals surface area contributed by atoms with E-state index in [1.807, 2.05) is 71.5 Å². The summed E-state index contributed by atoms with van der Waals surface area (Å²) in [6, 6.07) is 19.4. The van der Waals surface area contributed by atoms with Crippen molar-refractivity contribution in [3.8, 4) is 16.9 Å². The van der Waals surface area contributed by atoms with E-state index in [9.17, 15) is 9.59 Å². The largest absolute Gasteiger partial charge is 0.325 e. The molecule has 2 fully saturated rings. The molecule has 6 heteroatoms. The van der Waals surface area contributed by atoms with E-state index in [2.05, 4.69) is 12.2 Å². The van der Waals surface area contributed by atoms with Gasteiger partial charge < -0.3 is 5.32 Å². The number of hydrogen-bond donors (Lipinski definition) is 1. The van der Waals surface area contributed by atoms with E-state index in [-0.39, 0.29) is 24.4 Å². The molecule has 1 saturated carbocycles. The van der Waals surface area contributed by atoms with Crippen molar-refractivity contribution >= 4 is 11.9 Å². The first-order valence-corrected chi connectivity index (χ1v) is 10.9. The number of carbonyl (C=O) groups excluding carboxylic acids is 2. The van der Waals surface area contributed by atoms with Gasteiger partial charge in [0.1, 0.15) is 5.54 Å². The van der Waals surface area contributed by atoms with E-state index >= 15 is 0 Å². The van der Waals surface area contributed by atoms with Crippen LogP contribution >= 0.6 is 0 Å². The number of imide groups is 1. The zero-order valence-electron chi connectivity index (χ0n) is 17.6. The molecule has 1 aliphatic heterocycles.